The first-order valence-corrected chi connectivity index (χ1v) is 2.75. The van der Waals surface area contributed by atoms with Crippen molar-refractivity contribution in [1.82, 2.24) is 0 Å². The van der Waals surface area contributed by atoms with Gasteiger partial charge in [0.25, 0.3) is 0 Å². The highest BCUT2D eigenvalue weighted by molar-refractivity contribution is 5.75. The molecule has 57 valence electrons. The first kappa shape index (κ1) is 8.94. The number of carbonyl (C=O) groups excluding carboxylic acids is 2. The Bertz CT molecular complexity index is 130. The topological polar surface area (TPSA) is 52.6 Å². The molecule has 4 nitrogen and oxygen atoms in total. The second-order valence-corrected chi connectivity index (χ2v) is 1.50. The second kappa shape index (κ2) is 4.78. The minimum absolute atomic E-state index is 0.0557. The Morgan fingerprint density at radius 3 is 2.40 bits per heavy atom. The van der Waals surface area contributed by atoms with Gasteiger partial charge in [-0.15, -0.1) is 0 Å². The molecule has 0 spiro atoms. The molecule has 0 rings (SSSR count). The summed E-state index contributed by atoms with van der Waals surface area (Å²) in [5.74, 6) is -1.08. The van der Waals surface area contributed by atoms with Crippen molar-refractivity contribution in [3.05, 3.63) is 6.92 Å². The third kappa shape index (κ3) is 5.08. The molecule has 0 unspecified atom stereocenters. The molecule has 0 saturated heterocycles. The molecule has 0 atom stereocenters. The maximum absolute atomic E-state index is 10.4. The zero-order valence-corrected chi connectivity index (χ0v) is 5.75. The van der Waals surface area contributed by atoms with Crippen LogP contribution in [0.1, 0.15) is 6.92 Å². The lowest BCUT2D eigenvalue weighted by Gasteiger charge is -2.00. The average molecular weight is 145 g/mol. The number of hydrogen-bond acceptors (Lipinski definition) is 4. The highest BCUT2D eigenvalue weighted by atomic mass is 16.6. The fourth-order valence-corrected chi connectivity index (χ4v) is 0.316. The Labute approximate surface area is 59.1 Å². The van der Waals surface area contributed by atoms with Gasteiger partial charge < -0.3 is 9.47 Å². The summed E-state index contributed by atoms with van der Waals surface area (Å²) in [6.07, 6.45) is 0. The van der Waals surface area contributed by atoms with E-state index in [2.05, 4.69) is 16.4 Å². The molecule has 0 heterocycles. The molecular formula is C6H9O4. The van der Waals surface area contributed by atoms with Gasteiger partial charge in [0.15, 0.2) is 6.61 Å². The van der Waals surface area contributed by atoms with E-state index in [9.17, 15) is 9.59 Å². The average Bonchev–Trinajstić information content (AvgIpc) is 1.85. The molecule has 0 aromatic carbocycles. The van der Waals surface area contributed by atoms with Gasteiger partial charge >= 0.3 is 11.9 Å². The summed E-state index contributed by atoms with van der Waals surface area (Å²) in [5.41, 5.74) is 0. The largest absolute Gasteiger partial charge is 0.463 e. The Morgan fingerprint density at radius 1 is 1.40 bits per heavy atom. The van der Waals surface area contributed by atoms with Crippen LogP contribution in [0.15, 0.2) is 0 Å². The third-order valence-electron chi connectivity index (χ3n) is 0.656. The van der Waals surface area contributed by atoms with E-state index < -0.39 is 11.9 Å². The first-order chi connectivity index (χ1) is 4.66. The molecule has 0 aliphatic carbocycles. The van der Waals surface area contributed by atoms with Crippen LogP contribution >= 0.6 is 0 Å². The van der Waals surface area contributed by atoms with Gasteiger partial charge in [0, 0.05) is 6.92 Å². The molecule has 0 aromatic rings. The van der Waals surface area contributed by atoms with E-state index >= 15 is 0 Å². The maximum atomic E-state index is 10.4. The Hall–Kier alpha value is -1.06. The van der Waals surface area contributed by atoms with Crippen molar-refractivity contribution in [1.29, 1.82) is 0 Å². The van der Waals surface area contributed by atoms with Crippen LogP contribution in [0.5, 0.6) is 0 Å². The van der Waals surface area contributed by atoms with E-state index in [4.69, 9.17) is 0 Å². The summed E-state index contributed by atoms with van der Waals surface area (Å²) in [6, 6.07) is 0. The monoisotopic (exact) mass is 145 g/mol. The number of esters is 2. The van der Waals surface area contributed by atoms with E-state index in [1.54, 1.807) is 0 Å². The number of carbonyl (C=O) groups is 2. The molecule has 0 aliphatic heterocycles. The van der Waals surface area contributed by atoms with Crippen LogP contribution in [-0.4, -0.2) is 25.2 Å². The van der Waals surface area contributed by atoms with Crippen molar-refractivity contribution in [3.8, 4) is 0 Å². The van der Waals surface area contributed by atoms with Gasteiger partial charge in [-0.25, -0.2) is 4.79 Å². The Balaban J connectivity index is 3.30. The zero-order chi connectivity index (χ0) is 7.98. The van der Waals surface area contributed by atoms with Crippen LogP contribution in [0, 0.1) is 6.92 Å². The van der Waals surface area contributed by atoms with Crippen molar-refractivity contribution in [2.24, 2.45) is 0 Å². The van der Waals surface area contributed by atoms with E-state index in [-0.39, 0.29) is 13.2 Å². The smallest absolute Gasteiger partial charge is 0.344 e. The Morgan fingerprint density at radius 2 is 2.00 bits per heavy atom. The Kier molecular flexibility index (Phi) is 4.28. The summed E-state index contributed by atoms with van der Waals surface area (Å²) in [5, 5.41) is 0. The molecule has 0 bridgehead atoms. The van der Waals surface area contributed by atoms with Gasteiger partial charge in [-0.1, -0.05) is 0 Å². The predicted molar refractivity (Wildman–Crippen MR) is 32.9 cm³/mol. The van der Waals surface area contributed by atoms with Crippen LogP contribution in [0.2, 0.25) is 0 Å². The van der Waals surface area contributed by atoms with Crippen molar-refractivity contribution in [2.75, 3.05) is 13.2 Å². The zero-order valence-electron chi connectivity index (χ0n) is 5.75. The normalized spacial score (nSPS) is 8.60. The van der Waals surface area contributed by atoms with Gasteiger partial charge in [-0.05, 0) is 6.92 Å². The predicted octanol–water partition coefficient (Wildman–Crippen LogP) is -0.0732. The fourth-order valence-electron chi connectivity index (χ4n) is 0.316. The molecule has 0 saturated carbocycles. The second-order valence-electron chi connectivity index (χ2n) is 1.50. The molecular weight excluding hydrogens is 136 g/mol. The molecule has 10 heavy (non-hydrogen) atoms. The number of hydrogen-bond donors (Lipinski definition) is 0. The lowest BCUT2D eigenvalue weighted by molar-refractivity contribution is -0.156. The minimum Gasteiger partial charge on any atom is -0.463 e. The molecule has 0 N–H and O–H groups in total. The molecule has 1 radical (unpaired) electrons. The van der Waals surface area contributed by atoms with Crippen LogP contribution in [0.3, 0.4) is 0 Å². The molecule has 0 aromatic heterocycles. The summed E-state index contributed by atoms with van der Waals surface area (Å²) < 4.78 is 8.68. The molecule has 0 fully saturated rings. The fraction of sp³-hybridized carbons (Fsp3) is 0.500. The SMILES string of the molecule is [CH2]COC(=O)COC(C)=O. The van der Waals surface area contributed by atoms with E-state index in [1.807, 2.05) is 0 Å². The quantitative estimate of drug-likeness (QED) is 0.521. The van der Waals surface area contributed by atoms with Crippen molar-refractivity contribution in [2.45, 2.75) is 6.92 Å². The van der Waals surface area contributed by atoms with Gasteiger partial charge in [0.1, 0.15) is 0 Å². The van der Waals surface area contributed by atoms with Gasteiger partial charge in [-0.3, -0.25) is 4.79 Å². The standard InChI is InChI=1S/C6H9O4/c1-3-9-6(8)4-10-5(2)7/h1,3-4H2,2H3. The number of rotatable bonds is 3. The lowest BCUT2D eigenvalue weighted by Crippen LogP contribution is -2.14. The molecule has 4 heteroatoms. The summed E-state index contributed by atoms with van der Waals surface area (Å²) in [6.45, 7) is 4.22. The summed E-state index contributed by atoms with van der Waals surface area (Å²) in [4.78, 5) is 20.5. The van der Waals surface area contributed by atoms with Crippen molar-refractivity contribution in [3.63, 3.8) is 0 Å². The van der Waals surface area contributed by atoms with Crippen molar-refractivity contribution < 1.29 is 19.1 Å². The van der Waals surface area contributed by atoms with Gasteiger partial charge in [-0.2, -0.15) is 0 Å². The van der Waals surface area contributed by atoms with E-state index in [0.29, 0.717) is 0 Å². The highest BCUT2D eigenvalue weighted by Crippen LogP contribution is 1.80. The summed E-state index contributed by atoms with van der Waals surface area (Å²) in [7, 11) is 0. The van der Waals surface area contributed by atoms with Gasteiger partial charge in [0.2, 0.25) is 0 Å². The molecule has 0 amide bonds. The minimum atomic E-state index is -0.579. The lowest BCUT2D eigenvalue weighted by atomic mass is 10.7. The summed E-state index contributed by atoms with van der Waals surface area (Å²) >= 11 is 0. The molecule has 0 aliphatic rings. The van der Waals surface area contributed by atoms with E-state index in [0.717, 1.165) is 0 Å². The van der Waals surface area contributed by atoms with Crippen LogP contribution < -0.4 is 0 Å². The first-order valence-electron chi connectivity index (χ1n) is 2.75. The van der Waals surface area contributed by atoms with Crippen LogP contribution in [-0.2, 0) is 19.1 Å². The van der Waals surface area contributed by atoms with E-state index in [1.165, 1.54) is 6.92 Å². The third-order valence-corrected chi connectivity index (χ3v) is 0.656. The highest BCUT2D eigenvalue weighted by Gasteiger charge is 2.02. The van der Waals surface area contributed by atoms with Crippen molar-refractivity contribution >= 4 is 11.9 Å². The van der Waals surface area contributed by atoms with Crippen LogP contribution in [0.4, 0.5) is 0 Å². The van der Waals surface area contributed by atoms with Crippen LogP contribution in [0.25, 0.3) is 0 Å². The maximum Gasteiger partial charge on any atom is 0.344 e. The number of ether oxygens (including phenoxy) is 2. The van der Waals surface area contributed by atoms with Gasteiger partial charge in [0.05, 0.1) is 6.61 Å².